The van der Waals surface area contributed by atoms with E-state index in [9.17, 15) is 5.11 Å². The molecule has 2 aliphatic rings. The lowest BCUT2D eigenvalue weighted by Gasteiger charge is -2.27. The molecule has 0 heterocycles. The Kier molecular flexibility index (Phi) is 2.92. The molecule has 92 valence electrons. The minimum atomic E-state index is -0.363. The number of hydrogen-bond donors (Lipinski definition) is 1. The molecule has 4 unspecified atom stereocenters. The summed E-state index contributed by atoms with van der Waals surface area (Å²) < 4.78 is 0. The molecule has 1 aromatic rings. The molecule has 0 aliphatic heterocycles. The Morgan fingerprint density at radius 3 is 2.71 bits per heavy atom. The highest BCUT2D eigenvalue weighted by molar-refractivity contribution is 6.31. The summed E-state index contributed by atoms with van der Waals surface area (Å²) in [6.45, 7) is 2.03. The topological polar surface area (TPSA) is 20.2 Å². The molecule has 3 rings (SSSR count). The maximum Gasteiger partial charge on any atom is 0.0835 e. The molecule has 17 heavy (non-hydrogen) atoms. The molecule has 1 aromatic carbocycles. The number of aliphatic hydroxyl groups excluding tert-OH is 1. The fraction of sp³-hybridized carbons (Fsp3) is 0.600. The van der Waals surface area contributed by atoms with Gasteiger partial charge in [-0.15, -0.1) is 0 Å². The van der Waals surface area contributed by atoms with Crippen LogP contribution in [0.1, 0.15) is 42.9 Å². The van der Waals surface area contributed by atoms with Crippen LogP contribution in [0.3, 0.4) is 0 Å². The van der Waals surface area contributed by atoms with Crippen molar-refractivity contribution in [3.05, 3.63) is 34.3 Å². The van der Waals surface area contributed by atoms with Crippen LogP contribution < -0.4 is 0 Å². The van der Waals surface area contributed by atoms with Gasteiger partial charge < -0.3 is 5.11 Å². The monoisotopic (exact) mass is 250 g/mol. The van der Waals surface area contributed by atoms with Crippen molar-refractivity contribution >= 4 is 11.6 Å². The first-order valence-electron chi connectivity index (χ1n) is 6.59. The number of halogens is 1. The molecule has 2 saturated carbocycles. The van der Waals surface area contributed by atoms with Crippen molar-refractivity contribution in [3.8, 4) is 0 Å². The highest BCUT2D eigenvalue weighted by atomic mass is 35.5. The third-order valence-corrected chi connectivity index (χ3v) is 5.00. The van der Waals surface area contributed by atoms with Crippen molar-refractivity contribution in [1.29, 1.82) is 0 Å². The van der Waals surface area contributed by atoms with Gasteiger partial charge in [-0.05, 0) is 61.1 Å². The predicted molar refractivity (Wildman–Crippen MR) is 70.1 cm³/mol. The van der Waals surface area contributed by atoms with E-state index >= 15 is 0 Å². The van der Waals surface area contributed by atoms with Gasteiger partial charge in [0, 0.05) is 5.02 Å². The normalized spacial score (nSPS) is 33.0. The van der Waals surface area contributed by atoms with Gasteiger partial charge in [0.2, 0.25) is 0 Å². The summed E-state index contributed by atoms with van der Waals surface area (Å²) in [5, 5.41) is 11.3. The van der Waals surface area contributed by atoms with Gasteiger partial charge in [0.25, 0.3) is 0 Å². The van der Waals surface area contributed by atoms with Crippen LogP contribution in [-0.2, 0) is 0 Å². The minimum absolute atomic E-state index is 0.363. The van der Waals surface area contributed by atoms with Gasteiger partial charge in [-0.3, -0.25) is 0 Å². The number of fused-ring (bicyclic) bond motifs is 2. The number of hydrogen-bond acceptors (Lipinski definition) is 1. The van der Waals surface area contributed by atoms with Crippen LogP contribution in [0.2, 0.25) is 5.02 Å². The minimum Gasteiger partial charge on any atom is -0.388 e. The molecule has 0 radical (unpaired) electrons. The molecule has 4 atom stereocenters. The van der Waals surface area contributed by atoms with Crippen molar-refractivity contribution in [2.24, 2.45) is 17.8 Å². The van der Waals surface area contributed by atoms with Crippen LogP contribution in [0.15, 0.2) is 18.2 Å². The van der Waals surface area contributed by atoms with E-state index in [0.717, 1.165) is 28.0 Å². The van der Waals surface area contributed by atoms with E-state index in [1.807, 2.05) is 25.1 Å². The Labute approximate surface area is 108 Å². The van der Waals surface area contributed by atoms with E-state index in [1.54, 1.807) is 0 Å². The van der Waals surface area contributed by atoms with Crippen molar-refractivity contribution in [2.45, 2.75) is 38.7 Å². The summed E-state index contributed by atoms with van der Waals surface area (Å²) >= 11 is 6.24. The highest BCUT2D eigenvalue weighted by Crippen LogP contribution is 2.53. The molecule has 1 N–H and O–H groups in total. The Bertz CT molecular complexity index is 429. The van der Waals surface area contributed by atoms with Gasteiger partial charge in [-0.25, -0.2) is 0 Å². The quantitative estimate of drug-likeness (QED) is 0.837. The molecule has 0 spiro atoms. The van der Waals surface area contributed by atoms with E-state index in [1.165, 1.54) is 25.7 Å². The zero-order valence-electron chi connectivity index (χ0n) is 10.2. The molecular weight excluding hydrogens is 232 g/mol. The van der Waals surface area contributed by atoms with Crippen LogP contribution >= 0.6 is 11.6 Å². The first kappa shape index (κ1) is 11.6. The van der Waals surface area contributed by atoms with Crippen molar-refractivity contribution in [3.63, 3.8) is 0 Å². The molecule has 2 aliphatic carbocycles. The Balaban J connectivity index is 1.84. The predicted octanol–water partition coefficient (Wildman–Crippen LogP) is 4.12. The summed E-state index contributed by atoms with van der Waals surface area (Å²) in [6, 6.07) is 5.99. The van der Waals surface area contributed by atoms with Crippen LogP contribution in [0.4, 0.5) is 0 Å². The summed E-state index contributed by atoms with van der Waals surface area (Å²) in [6.07, 6.45) is 4.82. The summed E-state index contributed by atoms with van der Waals surface area (Å²) in [7, 11) is 0. The number of aliphatic hydroxyl groups is 1. The molecule has 2 bridgehead atoms. The lowest BCUT2D eigenvalue weighted by molar-refractivity contribution is 0.0746. The maximum atomic E-state index is 10.5. The second-order valence-corrected chi connectivity index (χ2v) is 6.22. The molecule has 0 saturated heterocycles. The molecule has 1 nitrogen and oxygen atoms in total. The van der Waals surface area contributed by atoms with Crippen molar-refractivity contribution < 1.29 is 5.11 Å². The first-order chi connectivity index (χ1) is 8.15. The van der Waals surface area contributed by atoms with Crippen LogP contribution in [0.5, 0.6) is 0 Å². The highest BCUT2D eigenvalue weighted by Gasteiger charge is 2.43. The third kappa shape index (κ3) is 2.00. The summed E-state index contributed by atoms with van der Waals surface area (Å²) in [5.41, 5.74) is 2.08. The van der Waals surface area contributed by atoms with Crippen LogP contribution in [-0.4, -0.2) is 5.11 Å². The lowest BCUT2D eigenvalue weighted by atomic mass is 9.82. The second kappa shape index (κ2) is 4.29. The average Bonchev–Trinajstić information content (AvgIpc) is 2.89. The molecule has 2 fully saturated rings. The smallest absolute Gasteiger partial charge is 0.0835 e. The van der Waals surface area contributed by atoms with Crippen LogP contribution in [0.25, 0.3) is 0 Å². The van der Waals surface area contributed by atoms with Gasteiger partial charge in [0.15, 0.2) is 0 Å². The standard InChI is InChI=1S/C15H19ClO/c1-9-2-5-12(14(16)6-9)15(17)13-8-10-3-4-11(13)7-10/h2,5-6,10-11,13,15,17H,3-4,7-8H2,1H3. The largest absolute Gasteiger partial charge is 0.388 e. The molecule has 0 aromatic heterocycles. The molecule has 2 heteroatoms. The summed E-state index contributed by atoms with van der Waals surface area (Å²) in [5.74, 6) is 2.03. The first-order valence-corrected chi connectivity index (χ1v) is 6.97. The maximum absolute atomic E-state index is 10.5. The van der Waals surface area contributed by atoms with Crippen molar-refractivity contribution in [1.82, 2.24) is 0 Å². The molecular formula is C15H19ClO. The van der Waals surface area contributed by atoms with Crippen LogP contribution in [0, 0.1) is 24.7 Å². The fourth-order valence-electron chi connectivity index (χ4n) is 3.78. The third-order valence-electron chi connectivity index (χ3n) is 4.67. The second-order valence-electron chi connectivity index (χ2n) is 5.81. The van der Waals surface area contributed by atoms with Gasteiger partial charge in [-0.1, -0.05) is 30.2 Å². The van der Waals surface area contributed by atoms with E-state index in [4.69, 9.17) is 11.6 Å². The Morgan fingerprint density at radius 2 is 2.12 bits per heavy atom. The molecule has 0 amide bonds. The van der Waals surface area contributed by atoms with Gasteiger partial charge >= 0.3 is 0 Å². The Morgan fingerprint density at radius 1 is 1.29 bits per heavy atom. The number of rotatable bonds is 2. The zero-order chi connectivity index (χ0) is 12.0. The van der Waals surface area contributed by atoms with E-state index in [-0.39, 0.29) is 6.10 Å². The van der Waals surface area contributed by atoms with E-state index in [0.29, 0.717) is 5.92 Å². The average molecular weight is 251 g/mol. The number of aryl methyl sites for hydroxylation is 1. The Hall–Kier alpha value is -0.530. The van der Waals surface area contributed by atoms with Gasteiger partial charge in [-0.2, -0.15) is 0 Å². The van der Waals surface area contributed by atoms with E-state index < -0.39 is 0 Å². The lowest BCUT2D eigenvalue weighted by Crippen LogP contribution is -2.19. The summed E-state index contributed by atoms with van der Waals surface area (Å²) in [4.78, 5) is 0. The van der Waals surface area contributed by atoms with Crippen molar-refractivity contribution in [2.75, 3.05) is 0 Å². The number of benzene rings is 1. The fourth-order valence-corrected chi connectivity index (χ4v) is 4.13. The zero-order valence-corrected chi connectivity index (χ0v) is 11.0. The van der Waals surface area contributed by atoms with Gasteiger partial charge in [0.05, 0.1) is 6.10 Å². The van der Waals surface area contributed by atoms with Gasteiger partial charge in [0.1, 0.15) is 0 Å². The van der Waals surface area contributed by atoms with E-state index in [2.05, 4.69) is 0 Å². The SMILES string of the molecule is Cc1ccc(C(O)C2CC3CCC2C3)c(Cl)c1.